The van der Waals surface area contributed by atoms with Gasteiger partial charge in [-0.2, -0.15) is 0 Å². The molecule has 0 aliphatic rings. The zero-order valence-corrected chi connectivity index (χ0v) is 11.3. The quantitative estimate of drug-likeness (QED) is 0.847. The summed E-state index contributed by atoms with van der Waals surface area (Å²) in [5.41, 5.74) is 2.49. The number of benzene rings is 2. The van der Waals surface area contributed by atoms with Crippen LogP contribution in [0.2, 0.25) is 5.02 Å². The minimum atomic E-state index is 0.316. The summed E-state index contributed by atoms with van der Waals surface area (Å²) in [6.07, 6.45) is 0.914. The highest BCUT2D eigenvalue weighted by Gasteiger charge is 2.12. The van der Waals surface area contributed by atoms with Gasteiger partial charge in [-0.1, -0.05) is 67.1 Å². The Labute approximate surface area is 114 Å². The minimum absolute atomic E-state index is 0.316. The van der Waals surface area contributed by atoms with Crippen LogP contribution in [0.3, 0.4) is 0 Å². The molecule has 0 fully saturated rings. The summed E-state index contributed by atoms with van der Waals surface area (Å²) < 4.78 is 0. The standard InChI is InChI=1S/C16H18ClN/c1-2-18-16(13-8-4-3-5-9-13)12-14-10-6-7-11-15(14)17/h3-11,16,18H,2,12H2,1H3. The van der Waals surface area contributed by atoms with Crippen molar-refractivity contribution in [2.45, 2.75) is 19.4 Å². The predicted octanol–water partition coefficient (Wildman–Crippen LogP) is 4.23. The van der Waals surface area contributed by atoms with E-state index >= 15 is 0 Å². The van der Waals surface area contributed by atoms with Gasteiger partial charge in [0.25, 0.3) is 0 Å². The fraction of sp³-hybridized carbons (Fsp3) is 0.250. The van der Waals surface area contributed by atoms with Crippen LogP contribution in [0.5, 0.6) is 0 Å². The van der Waals surface area contributed by atoms with Gasteiger partial charge in [-0.15, -0.1) is 0 Å². The topological polar surface area (TPSA) is 12.0 Å². The minimum Gasteiger partial charge on any atom is -0.310 e. The Hall–Kier alpha value is -1.31. The Balaban J connectivity index is 2.19. The fourth-order valence-electron chi connectivity index (χ4n) is 2.12. The van der Waals surface area contributed by atoms with Crippen LogP contribution in [0.25, 0.3) is 0 Å². The summed E-state index contributed by atoms with van der Waals surface area (Å²) in [6, 6.07) is 18.9. The Bertz CT molecular complexity index is 481. The second-order valence-corrected chi connectivity index (χ2v) is 4.72. The van der Waals surface area contributed by atoms with Gasteiger partial charge in [0, 0.05) is 11.1 Å². The van der Waals surface area contributed by atoms with Gasteiger partial charge in [-0.05, 0) is 30.2 Å². The van der Waals surface area contributed by atoms with Gasteiger partial charge in [0.15, 0.2) is 0 Å². The van der Waals surface area contributed by atoms with Crippen molar-refractivity contribution in [3.8, 4) is 0 Å². The first-order valence-electron chi connectivity index (χ1n) is 6.33. The van der Waals surface area contributed by atoms with Gasteiger partial charge in [0.05, 0.1) is 0 Å². The Morgan fingerprint density at radius 3 is 2.33 bits per heavy atom. The fourth-order valence-corrected chi connectivity index (χ4v) is 2.34. The number of likely N-dealkylation sites (N-methyl/N-ethyl adjacent to an activating group) is 1. The lowest BCUT2D eigenvalue weighted by Gasteiger charge is -2.19. The van der Waals surface area contributed by atoms with E-state index in [4.69, 9.17) is 11.6 Å². The smallest absolute Gasteiger partial charge is 0.0438 e. The number of halogens is 1. The highest BCUT2D eigenvalue weighted by molar-refractivity contribution is 6.31. The van der Waals surface area contributed by atoms with Crippen LogP contribution in [0.1, 0.15) is 24.1 Å². The Kier molecular flexibility index (Phi) is 4.80. The molecule has 0 radical (unpaired) electrons. The summed E-state index contributed by atoms with van der Waals surface area (Å²) in [5, 5.41) is 4.36. The zero-order chi connectivity index (χ0) is 12.8. The second-order valence-electron chi connectivity index (χ2n) is 4.32. The van der Waals surface area contributed by atoms with Crippen molar-refractivity contribution < 1.29 is 0 Å². The Morgan fingerprint density at radius 1 is 1.00 bits per heavy atom. The van der Waals surface area contributed by atoms with Gasteiger partial charge in [0.2, 0.25) is 0 Å². The van der Waals surface area contributed by atoms with E-state index in [-0.39, 0.29) is 0 Å². The third-order valence-electron chi connectivity index (χ3n) is 3.03. The molecule has 0 saturated heterocycles. The molecule has 1 atom stereocenters. The highest BCUT2D eigenvalue weighted by atomic mass is 35.5. The van der Waals surface area contributed by atoms with Gasteiger partial charge in [-0.25, -0.2) is 0 Å². The first-order valence-corrected chi connectivity index (χ1v) is 6.70. The van der Waals surface area contributed by atoms with E-state index in [0.717, 1.165) is 18.0 Å². The number of rotatable bonds is 5. The first-order chi connectivity index (χ1) is 8.81. The van der Waals surface area contributed by atoms with E-state index in [1.54, 1.807) is 0 Å². The van der Waals surface area contributed by atoms with Crippen molar-refractivity contribution >= 4 is 11.6 Å². The van der Waals surface area contributed by atoms with Crippen molar-refractivity contribution in [2.75, 3.05) is 6.54 Å². The third-order valence-corrected chi connectivity index (χ3v) is 3.40. The lowest BCUT2D eigenvalue weighted by molar-refractivity contribution is 0.550. The van der Waals surface area contributed by atoms with Crippen LogP contribution in [-0.2, 0) is 6.42 Å². The van der Waals surface area contributed by atoms with Gasteiger partial charge in [-0.3, -0.25) is 0 Å². The van der Waals surface area contributed by atoms with E-state index < -0.39 is 0 Å². The van der Waals surface area contributed by atoms with E-state index in [9.17, 15) is 0 Å². The SMILES string of the molecule is CCNC(Cc1ccccc1Cl)c1ccccc1. The molecule has 0 saturated carbocycles. The van der Waals surface area contributed by atoms with Crippen molar-refractivity contribution in [1.29, 1.82) is 0 Å². The molecule has 2 aromatic rings. The van der Waals surface area contributed by atoms with E-state index in [2.05, 4.69) is 42.6 Å². The van der Waals surface area contributed by atoms with Gasteiger partial charge >= 0.3 is 0 Å². The largest absolute Gasteiger partial charge is 0.310 e. The summed E-state index contributed by atoms with van der Waals surface area (Å²) in [5.74, 6) is 0. The summed E-state index contributed by atoms with van der Waals surface area (Å²) in [6.45, 7) is 3.08. The van der Waals surface area contributed by atoms with Crippen LogP contribution < -0.4 is 5.32 Å². The summed E-state index contributed by atoms with van der Waals surface area (Å²) >= 11 is 6.23. The molecule has 0 aliphatic heterocycles. The molecular formula is C16H18ClN. The van der Waals surface area contributed by atoms with Crippen molar-refractivity contribution in [3.05, 3.63) is 70.7 Å². The lowest BCUT2D eigenvalue weighted by Crippen LogP contribution is -2.23. The maximum atomic E-state index is 6.23. The molecule has 0 aliphatic carbocycles. The third kappa shape index (κ3) is 3.34. The maximum absolute atomic E-state index is 6.23. The zero-order valence-electron chi connectivity index (χ0n) is 10.6. The number of nitrogens with one attached hydrogen (secondary N) is 1. The molecule has 1 nitrogen and oxygen atoms in total. The average Bonchev–Trinajstić information content (AvgIpc) is 2.42. The monoisotopic (exact) mass is 259 g/mol. The summed E-state index contributed by atoms with van der Waals surface area (Å²) in [7, 11) is 0. The number of hydrogen-bond acceptors (Lipinski definition) is 1. The van der Waals surface area contributed by atoms with Crippen molar-refractivity contribution in [1.82, 2.24) is 5.32 Å². The van der Waals surface area contributed by atoms with Crippen LogP contribution in [0, 0.1) is 0 Å². The van der Waals surface area contributed by atoms with Crippen LogP contribution in [-0.4, -0.2) is 6.54 Å². The molecule has 2 heteroatoms. The summed E-state index contributed by atoms with van der Waals surface area (Å²) in [4.78, 5) is 0. The molecule has 1 N–H and O–H groups in total. The van der Waals surface area contributed by atoms with Gasteiger partial charge < -0.3 is 5.32 Å². The molecule has 0 heterocycles. The molecular weight excluding hydrogens is 242 g/mol. The molecule has 0 amide bonds. The number of hydrogen-bond donors (Lipinski definition) is 1. The van der Waals surface area contributed by atoms with Crippen molar-refractivity contribution in [3.63, 3.8) is 0 Å². The van der Waals surface area contributed by atoms with Crippen LogP contribution in [0.15, 0.2) is 54.6 Å². The van der Waals surface area contributed by atoms with E-state index in [1.165, 1.54) is 11.1 Å². The molecule has 2 rings (SSSR count). The van der Waals surface area contributed by atoms with E-state index in [1.807, 2.05) is 24.3 Å². The van der Waals surface area contributed by atoms with Crippen LogP contribution >= 0.6 is 11.6 Å². The predicted molar refractivity (Wildman–Crippen MR) is 78.0 cm³/mol. The average molecular weight is 260 g/mol. The molecule has 2 aromatic carbocycles. The molecule has 18 heavy (non-hydrogen) atoms. The molecule has 94 valence electrons. The lowest BCUT2D eigenvalue weighted by atomic mass is 9.99. The molecule has 1 unspecified atom stereocenters. The first kappa shape index (κ1) is 13.1. The molecule has 0 spiro atoms. The normalized spacial score (nSPS) is 12.3. The highest BCUT2D eigenvalue weighted by Crippen LogP contribution is 2.23. The van der Waals surface area contributed by atoms with Crippen LogP contribution in [0.4, 0.5) is 0 Å². The van der Waals surface area contributed by atoms with Crippen molar-refractivity contribution in [2.24, 2.45) is 0 Å². The Morgan fingerprint density at radius 2 is 1.67 bits per heavy atom. The maximum Gasteiger partial charge on any atom is 0.0438 e. The van der Waals surface area contributed by atoms with E-state index in [0.29, 0.717) is 6.04 Å². The van der Waals surface area contributed by atoms with Gasteiger partial charge in [0.1, 0.15) is 0 Å². The molecule has 0 bridgehead atoms. The molecule has 0 aromatic heterocycles. The second kappa shape index (κ2) is 6.58.